The molecule has 1 aliphatic heterocycles. The van der Waals surface area contributed by atoms with Crippen LogP contribution < -0.4 is 0 Å². The van der Waals surface area contributed by atoms with Crippen molar-refractivity contribution in [1.29, 1.82) is 0 Å². The molecule has 2 aromatic heterocycles. The minimum absolute atomic E-state index is 0.0445. The first-order valence-electron chi connectivity index (χ1n) is 8.80. The highest BCUT2D eigenvalue weighted by molar-refractivity contribution is 7.21. The van der Waals surface area contributed by atoms with Crippen LogP contribution in [0.5, 0.6) is 0 Å². The Hall–Kier alpha value is -3.04. The third kappa shape index (κ3) is 3.66. The summed E-state index contributed by atoms with van der Waals surface area (Å²) in [6, 6.07) is 7.78. The molecule has 1 aliphatic rings. The quantitative estimate of drug-likeness (QED) is 0.468. The van der Waals surface area contributed by atoms with E-state index in [1.165, 1.54) is 18.3 Å². The Morgan fingerprint density at radius 1 is 1.10 bits per heavy atom. The highest BCUT2D eigenvalue weighted by atomic mass is 35.5. The summed E-state index contributed by atoms with van der Waals surface area (Å²) in [5.74, 6) is -0.343. The first-order valence-corrected chi connectivity index (χ1v) is 10.00. The SMILES string of the molecule is O=C(c1cccnc1)N1CCN(C(=O)c2sc3cc([N+](=O)[O-])ccc3c2Cl)CC1. The van der Waals surface area contributed by atoms with Gasteiger partial charge in [-0.1, -0.05) is 11.6 Å². The fourth-order valence-electron chi connectivity index (χ4n) is 3.23. The first-order chi connectivity index (χ1) is 14.0. The Morgan fingerprint density at radius 2 is 1.79 bits per heavy atom. The van der Waals surface area contributed by atoms with E-state index in [0.29, 0.717) is 51.7 Å². The monoisotopic (exact) mass is 430 g/mol. The lowest BCUT2D eigenvalue weighted by atomic mass is 10.2. The second-order valence-electron chi connectivity index (χ2n) is 6.51. The van der Waals surface area contributed by atoms with Gasteiger partial charge in [-0.3, -0.25) is 24.7 Å². The number of nitro groups is 1. The molecule has 0 N–H and O–H groups in total. The third-order valence-corrected chi connectivity index (χ3v) is 6.43. The average Bonchev–Trinajstić information content (AvgIpc) is 3.09. The average molecular weight is 431 g/mol. The molecule has 1 saturated heterocycles. The van der Waals surface area contributed by atoms with E-state index < -0.39 is 4.92 Å². The van der Waals surface area contributed by atoms with E-state index in [1.807, 2.05) is 0 Å². The van der Waals surface area contributed by atoms with Crippen molar-refractivity contribution in [2.45, 2.75) is 0 Å². The lowest BCUT2D eigenvalue weighted by molar-refractivity contribution is -0.384. The number of aromatic nitrogens is 1. The lowest BCUT2D eigenvalue weighted by Gasteiger charge is -2.34. The maximum absolute atomic E-state index is 13.0. The van der Waals surface area contributed by atoms with E-state index in [4.69, 9.17) is 11.6 Å². The predicted molar refractivity (Wildman–Crippen MR) is 110 cm³/mol. The standard InChI is InChI=1S/C19H15ClN4O4S/c20-16-14-4-3-13(24(27)28)10-15(14)29-17(16)19(26)23-8-6-22(7-9-23)18(25)12-2-1-5-21-11-12/h1-5,10-11H,6-9H2. The number of nitrogens with zero attached hydrogens (tertiary/aromatic N) is 4. The minimum atomic E-state index is -0.479. The number of amides is 2. The Balaban J connectivity index is 1.49. The predicted octanol–water partition coefficient (Wildman–Crippen LogP) is 3.46. The molecule has 3 heterocycles. The van der Waals surface area contributed by atoms with Crippen molar-refractivity contribution in [1.82, 2.24) is 14.8 Å². The largest absolute Gasteiger partial charge is 0.335 e. The van der Waals surface area contributed by atoms with Crippen LogP contribution in [0.1, 0.15) is 20.0 Å². The molecule has 0 aliphatic carbocycles. The fraction of sp³-hybridized carbons (Fsp3) is 0.211. The second kappa shape index (κ2) is 7.76. The Morgan fingerprint density at radius 3 is 2.41 bits per heavy atom. The molecule has 0 saturated carbocycles. The van der Waals surface area contributed by atoms with Gasteiger partial charge in [-0.25, -0.2) is 0 Å². The molecule has 4 rings (SSSR count). The summed E-state index contributed by atoms with van der Waals surface area (Å²) >= 11 is 7.53. The smallest absolute Gasteiger partial charge is 0.270 e. The van der Waals surface area contributed by atoms with Crippen molar-refractivity contribution in [3.63, 3.8) is 0 Å². The molecule has 1 aromatic carbocycles. The number of rotatable bonds is 3. The van der Waals surface area contributed by atoms with Gasteiger partial charge in [0.25, 0.3) is 17.5 Å². The number of carbonyl (C=O) groups is 2. The van der Waals surface area contributed by atoms with Crippen molar-refractivity contribution < 1.29 is 14.5 Å². The highest BCUT2D eigenvalue weighted by Crippen LogP contribution is 2.38. The molecule has 0 radical (unpaired) electrons. The van der Waals surface area contributed by atoms with Crippen molar-refractivity contribution in [2.24, 2.45) is 0 Å². The molecule has 29 heavy (non-hydrogen) atoms. The Bertz CT molecular complexity index is 1110. The second-order valence-corrected chi connectivity index (χ2v) is 7.94. The normalized spacial score (nSPS) is 14.2. The van der Waals surface area contributed by atoms with Crippen molar-refractivity contribution in [2.75, 3.05) is 26.2 Å². The van der Waals surface area contributed by atoms with E-state index in [0.717, 1.165) is 11.3 Å². The van der Waals surface area contributed by atoms with Crippen LogP contribution in [-0.2, 0) is 0 Å². The Kier molecular flexibility index (Phi) is 5.16. The fourth-order valence-corrected chi connectivity index (χ4v) is 4.75. The molecule has 2 amide bonds. The summed E-state index contributed by atoms with van der Waals surface area (Å²) in [6.45, 7) is 1.59. The van der Waals surface area contributed by atoms with Crippen molar-refractivity contribution in [3.05, 3.63) is 68.3 Å². The number of halogens is 1. The number of hydrogen-bond donors (Lipinski definition) is 0. The highest BCUT2D eigenvalue weighted by Gasteiger charge is 2.28. The molecule has 148 valence electrons. The summed E-state index contributed by atoms with van der Waals surface area (Å²) in [5, 5.41) is 11.9. The minimum Gasteiger partial charge on any atom is -0.335 e. The number of thiophene rings is 1. The molecule has 10 heteroatoms. The number of pyridine rings is 1. The molecule has 8 nitrogen and oxygen atoms in total. The van der Waals surface area contributed by atoms with E-state index in [2.05, 4.69) is 4.98 Å². The summed E-state index contributed by atoms with van der Waals surface area (Å²) in [4.78, 5) is 43.6. The number of fused-ring (bicyclic) bond motifs is 1. The number of nitro benzene ring substituents is 1. The summed E-state index contributed by atoms with van der Waals surface area (Å²) < 4.78 is 0.595. The van der Waals surface area contributed by atoms with E-state index in [9.17, 15) is 19.7 Å². The van der Waals surface area contributed by atoms with Gasteiger partial charge in [0.1, 0.15) is 4.88 Å². The number of benzene rings is 1. The summed E-state index contributed by atoms with van der Waals surface area (Å²) in [7, 11) is 0. The van der Waals surface area contributed by atoms with Gasteiger partial charge in [-0.15, -0.1) is 11.3 Å². The molecule has 3 aromatic rings. The van der Waals surface area contributed by atoms with Crippen LogP contribution in [-0.4, -0.2) is 57.7 Å². The molecule has 0 atom stereocenters. The van der Waals surface area contributed by atoms with Crippen LogP contribution in [0.4, 0.5) is 5.69 Å². The van der Waals surface area contributed by atoms with Crippen molar-refractivity contribution >= 4 is 50.5 Å². The van der Waals surface area contributed by atoms with Crippen molar-refractivity contribution in [3.8, 4) is 0 Å². The lowest BCUT2D eigenvalue weighted by Crippen LogP contribution is -2.50. The number of non-ortho nitro benzene ring substituents is 1. The molecular formula is C19H15ClN4O4S. The van der Waals surface area contributed by atoms with E-state index in [-0.39, 0.29) is 17.5 Å². The number of hydrogen-bond acceptors (Lipinski definition) is 6. The van der Waals surface area contributed by atoms with E-state index >= 15 is 0 Å². The van der Waals surface area contributed by atoms with Crippen LogP contribution in [0.3, 0.4) is 0 Å². The molecule has 1 fully saturated rings. The van der Waals surface area contributed by atoms with Crippen LogP contribution in [0, 0.1) is 10.1 Å². The first kappa shape index (κ1) is 19.3. The van der Waals surface area contributed by atoms with Gasteiger partial charge >= 0.3 is 0 Å². The molecule has 0 bridgehead atoms. The topological polar surface area (TPSA) is 96.7 Å². The Labute approximate surface area is 174 Å². The van der Waals surface area contributed by atoms with Gasteiger partial charge in [-0.05, 0) is 18.2 Å². The summed E-state index contributed by atoms with van der Waals surface area (Å²) in [6.07, 6.45) is 3.13. The molecule has 0 spiro atoms. The van der Waals surface area contributed by atoms with Gasteiger partial charge in [-0.2, -0.15) is 0 Å². The zero-order valence-corrected chi connectivity index (χ0v) is 16.7. The maximum atomic E-state index is 13.0. The van der Waals surface area contributed by atoms with Crippen LogP contribution >= 0.6 is 22.9 Å². The number of piperazine rings is 1. The zero-order valence-electron chi connectivity index (χ0n) is 15.1. The van der Waals surface area contributed by atoms with E-state index in [1.54, 1.807) is 34.2 Å². The van der Waals surface area contributed by atoms with Gasteiger partial charge in [0.15, 0.2) is 0 Å². The van der Waals surface area contributed by atoms with Crippen LogP contribution in [0.15, 0.2) is 42.7 Å². The third-order valence-electron chi connectivity index (χ3n) is 4.78. The van der Waals surface area contributed by atoms with Crippen LogP contribution in [0.2, 0.25) is 5.02 Å². The maximum Gasteiger partial charge on any atom is 0.270 e. The molecule has 0 unspecified atom stereocenters. The number of carbonyl (C=O) groups excluding carboxylic acids is 2. The van der Waals surface area contributed by atoms with Gasteiger partial charge in [0.2, 0.25) is 0 Å². The van der Waals surface area contributed by atoms with Crippen LogP contribution in [0.25, 0.3) is 10.1 Å². The molecular weight excluding hydrogens is 416 g/mol. The summed E-state index contributed by atoms with van der Waals surface area (Å²) in [5.41, 5.74) is 0.471. The van der Waals surface area contributed by atoms with Gasteiger partial charge < -0.3 is 9.80 Å². The zero-order chi connectivity index (χ0) is 20.5. The van der Waals surface area contributed by atoms with Gasteiger partial charge in [0, 0.05) is 60.8 Å². The van der Waals surface area contributed by atoms with Gasteiger partial charge in [0.05, 0.1) is 15.5 Å².